The van der Waals surface area contributed by atoms with Crippen molar-refractivity contribution in [2.45, 2.75) is 31.2 Å². The molecule has 4 heterocycles. The fourth-order valence-electron chi connectivity index (χ4n) is 5.34. The van der Waals surface area contributed by atoms with Gasteiger partial charge in [0.05, 0.1) is 17.8 Å². The molecule has 0 aromatic heterocycles. The summed E-state index contributed by atoms with van der Waals surface area (Å²) in [6.07, 6.45) is 8.72. The van der Waals surface area contributed by atoms with Crippen molar-refractivity contribution in [1.29, 1.82) is 0 Å². The van der Waals surface area contributed by atoms with Crippen LogP contribution in [0.25, 0.3) is 0 Å². The van der Waals surface area contributed by atoms with Gasteiger partial charge in [-0.2, -0.15) is 4.39 Å². The standard InChI is InChI=1S/C22H29F2N5O/c1-14-22(30)25-19-18(23)16(12-15-5-7-29(14)20(15)19)13-27-8-10-28(11-9-27)17-4-3-6-26(2)21(17)24/h3-5,7,12,14,16,18-20H,6,8-11,13H2,1-2H3,(H,25,30)/t14-,16?,18?,19?,20?/m1/s1. The highest BCUT2D eigenvalue weighted by Gasteiger charge is 2.50. The van der Waals surface area contributed by atoms with Crippen LogP contribution < -0.4 is 5.32 Å². The van der Waals surface area contributed by atoms with Gasteiger partial charge in [0.25, 0.3) is 0 Å². The van der Waals surface area contributed by atoms with Crippen LogP contribution in [0.4, 0.5) is 8.78 Å². The second-order valence-corrected chi connectivity index (χ2v) is 8.94. The van der Waals surface area contributed by atoms with Crippen LogP contribution in [0.2, 0.25) is 0 Å². The van der Waals surface area contributed by atoms with E-state index in [0.29, 0.717) is 18.8 Å². The molecule has 5 aliphatic rings. The summed E-state index contributed by atoms with van der Waals surface area (Å²) in [6.45, 7) is 6.02. The number of alkyl halides is 1. The highest BCUT2D eigenvalue weighted by Crippen LogP contribution is 2.38. The predicted octanol–water partition coefficient (Wildman–Crippen LogP) is 1.22. The number of piperazine rings is 2. The lowest BCUT2D eigenvalue weighted by Gasteiger charge is -2.47. The van der Waals surface area contributed by atoms with E-state index in [1.54, 1.807) is 11.9 Å². The Morgan fingerprint density at radius 2 is 1.97 bits per heavy atom. The van der Waals surface area contributed by atoms with Crippen molar-refractivity contribution < 1.29 is 13.6 Å². The molecule has 8 heteroatoms. The number of hydrogen-bond donors (Lipinski definition) is 1. The van der Waals surface area contributed by atoms with Crippen LogP contribution in [0.15, 0.2) is 47.7 Å². The third-order valence-electron chi connectivity index (χ3n) is 7.12. The number of allylic oxidation sites excluding steroid dienone is 1. The molecular weight excluding hydrogens is 388 g/mol. The Morgan fingerprint density at radius 3 is 2.73 bits per heavy atom. The summed E-state index contributed by atoms with van der Waals surface area (Å²) in [7, 11) is 1.75. The van der Waals surface area contributed by atoms with E-state index in [4.69, 9.17) is 0 Å². The van der Waals surface area contributed by atoms with Crippen molar-refractivity contribution in [2.24, 2.45) is 5.92 Å². The fourth-order valence-corrected chi connectivity index (χ4v) is 5.34. The van der Waals surface area contributed by atoms with Crippen molar-refractivity contribution >= 4 is 5.91 Å². The number of hydrogen-bond acceptors (Lipinski definition) is 5. The summed E-state index contributed by atoms with van der Waals surface area (Å²) in [6, 6.07) is -0.865. The summed E-state index contributed by atoms with van der Waals surface area (Å²) in [5.74, 6) is -0.555. The molecule has 0 saturated carbocycles. The zero-order valence-electron chi connectivity index (χ0n) is 17.5. The molecule has 4 unspecified atom stereocenters. The fraction of sp³-hybridized carbons (Fsp3) is 0.591. The summed E-state index contributed by atoms with van der Waals surface area (Å²) >= 11 is 0. The quantitative estimate of drug-likeness (QED) is 0.700. The molecule has 0 spiro atoms. The second kappa shape index (κ2) is 7.41. The molecule has 0 bridgehead atoms. The van der Waals surface area contributed by atoms with Gasteiger partial charge in [-0.05, 0) is 24.6 Å². The minimum absolute atomic E-state index is 0.0919. The van der Waals surface area contributed by atoms with Gasteiger partial charge < -0.3 is 20.0 Å². The van der Waals surface area contributed by atoms with E-state index in [9.17, 15) is 9.18 Å². The number of halogens is 2. The number of nitrogens with zero attached hydrogens (tertiary/aromatic N) is 4. The SMILES string of the molecule is C[C@@H]1C(=O)NC2C(F)C(CN3CCN(C4=C(F)N(C)CC=C4)CC3)C=C3C=CN1C32. The average molecular weight is 418 g/mol. The van der Waals surface area contributed by atoms with E-state index >= 15 is 4.39 Å². The van der Waals surface area contributed by atoms with Crippen LogP contribution in [0.1, 0.15) is 6.92 Å². The molecule has 0 aromatic rings. The Labute approximate surface area is 176 Å². The van der Waals surface area contributed by atoms with Crippen LogP contribution in [0.3, 0.4) is 0 Å². The Hall–Kier alpha value is -2.35. The van der Waals surface area contributed by atoms with E-state index in [2.05, 4.69) is 21.2 Å². The first kappa shape index (κ1) is 19.6. The third kappa shape index (κ3) is 3.12. The Kier molecular flexibility index (Phi) is 4.84. The number of amides is 1. The molecule has 6 nitrogen and oxygen atoms in total. The van der Waals surface area contributed by atoms with Crippen molar-refractivity contribution in [3.05, 3.63) is 47.7 Å². The Balaban J connectivity index is 1.25. The molecule has 2 fully saturated rings. The molecule has 5 rings (SSSR count). The molecule has 0 radical (unpaired) electrons. The molecule has 2 saturated heterocycles. The monoisotopic (exact) mass is 417 g/mol. The summed E-state index contributed by atoms with van der Waals surface area (Å²) in [5.41, 5.74) is 1.75. The maximum absolute atomic E-state index is 15.5. The second-order valence-electron chi connectivity index (χ2n) is 8.94. The van der Waals surface area contributed by atoms with Gasteiger partial charge in [0.2, 0.25) is 11.9 Å². The van der Waals surface area contributed by atoms with Gasteiger partial charge in [-0.15, -0.1) is 0 Å². The lowest BCUT2D eigenvalue weighted by atomic mass is 9.80. The topological polar surface area (TPSA) is 42.1 Å². The molecule has 1 aliphatic carbocycles. The van der Waals surface area contributed by atoms with Gasteiger partial charge in [-0.1, -0.05) is 12.2 Å². The smallest absolute Gasteiger partial charge is 0.242 e. The molecular formula is C22H29F2N5O. The summed E-state index contributed by atoms with van der Waals surface area (Å²) in [4.78, 5) is 20.2. The normalized spacial score (nSPS) is 36.3. The number of rotatable bonds is 3. The van der Waals surface area contributed by atoms with Crippen LogP contribution in [-0.2, 0) is 4.79 Å². The third-order valence-corrected chi connectivity index (χ3v) is 7.12. The van der Waals surface area contributed by atoms with Crippen LogP contribution in [0, 0.1) is 5.92 Å². The first-order valence-corrected chi connectivity index (χ1v) is 10.8. The molecule has 1 N–H and O–H groups in total. The predicted molar refractivity (Wildman–Crippen MR) is 111 cm³/mol. The highest BCUT2D eigenvalue weighted by molar-refractivity contribution is 5.83. The maximum atomic E-state index is 15.5. The number of likely N-dealkylation sites (N-methyl/N-ethyl adjacent to an activating group) is 1. The average Bonchev–Trinajstić information content (AvgIpc) is 3.16. The van der Waals surface area contributed by atoms with Gasteiger partial charge in [-0.3, -0.25) is 9.69 Å². The highest BCUT2D eigenvalue weighted by atomic mass is 19.1. The first-order valence-electron chi connectivity index (χ1n) is 10.8. The Bertz CT molecular complexity index is 844. The molecule has 162 valence electrons. The minimum atomic E-state index is -1.12. The largest absolute Gasteiger partial charge is 0.365 e. The minimum Gasteiger partial charge on any atom is -0.365 e. The molecule has 5 atom stereocenters. The van der Waals surface area contributed by atoms with Gasteiger partial charge >= 0.3 is 0 Å². The zero-order chi connectivity index (χ0) is 21.0. The lowest BCUT2D eigenvalue weighted by Crippen LogP contribution is -2.67. The maximum Gasteiger partial charge on any atom is 0.242 e. The van der Waals surface area contributed by atoms with Crippen molar-refractivity contribution in [3.8, 4) is 0 Å². The lowest BCUT2D eigenvalue weighted by molar-refractivity contribution is -0.131. The Morgan fingerprint density at radius 1 is 1.20 bits per heavy atom. The summed E-state index contributed by atoms with van der Waals surface area (Å²) < 4.78 is 29.9. The zero-order valence-corrected chi connectivity index (χ0v) is 17.5. The summed E-state index contributed by atoms with van der Waals surface area (Å²) in [5, 5.41) is 2.92. The van der Waals surface area contributed by atoms with Crippen molar-refractivity contribution in [3.63, 3.8) is 0 Å². The first-order chi connectivity index (χ1) is 14.4. The molecule has 30 heavy (non-hydrogen) atoms. The number of carbonyl (C=O) groups excluding carboxylic acids is 1. The van der Waals surface area contributed by atoms with E-state index in [1.807, 2.05) is 36.3 Å². The van der Waals surface area contributed by atoms with E-state index in [0.717, 1.165) is 31.8 Å². The molecule has 1 amide bonds. The van der Waals surface area contributed by atoms with Gasteiger partial charge in [0.1, 0.15) is 12.2 Å². The number of nitrogens with one attached hydrogen (secondary N) is 1. The van der Waals surface area contributed by atoms with Crippen LogP contribution in [-0.4, -0.2) is 96.1 Å². The van der Waals surface area contributed by atoms with Gasteiger partial charge in [0, 0.05) is 58.4 Å². The molecule has 4 aliphatic heterocycles. The van der Waals surface area contributed by atoms with Gasteiger partial charge in [-0.25, -0.2) is 4.39 Å². The van der Waals surface area contributed by atoms with E-state index < -0.39 is 12.2 Å². The van der Waals surface area contributed by atoms with Crippen molar-refractivity contribution in [2.75, 3.05) is 46.3 Å². The van der Waals surface area contributed by atoms with Gasteiger partial charge in [0.15, 0.2) is 0 Å². The molecule has 0 aromatic carbocycles. The van der Waals surface area contributed by atoms with E-state index in [-0.39, 0.29) is 29.9 Å². The van der Waals surface area contributed by atoms with Crippen LogP contribution in [0.5, 0.6) is 0 Å². The number of carbonyl (C=O) groups is 1. The van der Waals surface area contributed by atoms with Crippen molar-refractivity contribution in [1.82, 2.24) is 24.9 Å². The van der Waals surface area contributed by atoms with Crippen LogP contribution >= 0.6 is 0 Å². The van der Waals surface area contributed by atoms with E-state index in [1.165, 1.54) is 0 Å².